The van der Waals surface area contributed by atoms with E-state index in [1.54, 1.807) is 0 Å². The predicted molar refractivity (Wildman–Crippen MR) is 69.8 cm³/mol. The van der Waals surface area contributed by atoms with Gasteiger partial charge in [-0.2, -0.15) is 4.98 Å². The number of hydrogen-bond donors (Lipinski definition) is 1. The second-order valence-corrected chi connectivity index (χ2v) is 5.32. The third kappa shape index (κ3) is 2.86. The lowest BCUT2D eigenvalue weighted by Gasteiger charge is -2.14. The second-order valence-electron chi connectivity index (χ2n) is 5.32. The highest BCUT2D eigenvalue weighted by atomic mass is 16.5. The van der Waals surface area contributed by atoms with Crippen molar-refractivity contribution in [2.24, 2.45) is 5.92 Å². The lowest BCUT2D eigenvalue weighted by atomic mass is 10.3. The molecular weight excluding hydrogens is 228 g/mol. The highest BCUT2D eigenvalue weighted by molar-refractivity contribution is 5.49. The van der Waals surface area contributed by atoms with Crippen molar-refractivity contribution in [3.8, 4) is 11.8 Å². The summed E-state index contributed by atoms with van der Waals surface area (Å²) in [5.41, 5.74) is 6.45. The van der Waals surface area contributed by atoms with E-state index in [1.165, 1.54) is 25.7 Å². The molecule has 0 radical (unpaired) electrons. The van der Waals surface area contributed by atoms with E-state index in [2.05, 4.69) is 4.98 Å². The second kappa shape index (κ2) is 5.04. The number of ether oxygens (including phenoxy) is 2. The maximum absolute atomic E-state index is 5.86. The van der Waals surface area contributed by atoms with Crippen LogP contribution in [0.4, 0.5) is 5.69 Å². The average Bonchev–Trinajstić information content (AvgIpc) is 3.07. The minimum Gasteiger partial charge on any atom is -0.476 e. The molecule has 0 aliphatic heterocycles. The predicted octanol–water partition coefficient (Wildman–Crippen LogP) is 2.77. The van der Waals surface area contributed by atoms with Crippen LogP contribution in [0.3, 0.4) is 0 Å². The standard InChI is InChI=1S/C14H20N2O2/c15-12-7-8-13(18-11-3-1-2-4-11)16-14(12)17-9-10-5-6-10/h7-8,10-11H,1-6,9,15H2. The molecule has 2 fully saturated rings. The SMILES string of the molecule is Nc1ccc(OC2CCCC2)nc1OCC1CC1. The molecule has 4 heteroatoms. The Bertz CT molecular complexity index is 412. The molecule has 0 spiro atoms. The Morgan fingerprint density at radius 1 is 1.17 bits per heavy atom. The van der Waals surface area contributed by atoms with Crippen LogP contribution in [0.1, 0.15) is 38.5 Å². The monoisotopic (exact) mass is 248 g/mol. The van der Waals surface area contributed by atoms with Crippen molar-refractivity contribution < 1.29 is 9.47 Å². The maximum Gasteiger partial charge on any atom is 0.240 e. The van der Waals surface area contributed by atoms with Gasteiger partial charge in [0.05, 0.1) is 12.3 Å². The number of nitrogens with zero attached hydrogens (tertiary/aromatic N) is 1. The third-order valence-corrected chi connectivity index (χ3v) is 3.61. The van der Waals surface area contributed by atoms with Gasteiger partial charge in [0, 0.05) is 6.07 Å². The number of nitrogens with two attached hydrogens (primary N) is 1. The van der Waals surface area contributed by atoms with Crippen LogP contribution in [0, 0.1) is 5.92 Å². The molecule has 1 heterocycles. The van der Waals surface area contributed by atoms with Crippen LogP contribution in [0.25, 0.3) is 0 Å². The van der Waals surface area contributed by atoms with Crippen LogP contribution in [0.5, 0.6) is 11.8 Å². The van der Waals surface area contributed by atoms with Crippen LogP contribution >= 0.6 is 0 Å². The Balaban J connectivity index is 1.63. The van der Waals surface area contributed by atoms with Gasteiger partial charge in [0.1, 0.15) is 6.10 Å². The molecule has 2 N–H and O–H groups in total. The molecule has 98 valence electrons. The Morgan fingerprint density at radius 3 is 2.67 bits per heavy atom. The van der Waals surface area contributed by atoms with Crippen molar-refractivity contribution in [1.29, 1.82) is 0 Å². The molecule has 2 aliphatic rings. The zero-order valence-corrected chi connectivity index (χ0v) is 10.6. The summed E-state index contributed by atoms with van der Waals surface area (Å²) in [5.74, 6) is 1.87. The van der Waals surface area contributed by atoms with Gasteiger partial charge in [-0.1, -0.05) is 0 Å². The van der Waals surface area contributed by atoms with E-state index < -0.39 is 0 Å². The van der Waals surface area contributed by atoms with Crippen LogP contribution in [0.2, 0.25) is 0 Å². The normalized spacial score (nSPS) is 20.0. The van der Waals surface area contributed by atoms with E-state index >= 15 is 0 Å². The zero-order valence-electron chi connectivity index (χ0n) is 10.6. The summed E-state index contributed by atoms with van der Waals surface area (Å²) in [6.45, 7) is 0.726. The van der Waals surface area contributed by atoms with Gasteiger partial charge >= 0.3 is 0 Å². The molecule has 4 nitrogen and oxygen atoms in total. The van der Waals surface area contributed by atoms with Crippen LogP contribution < -0.4 is 15.2 Å². The Kier molecular flexibility index (Phi) is 3.26. The first-order valence-corrected chi connectivity index (χ1v) is 6.87. The molecule has 1 aromatic heterocycles. The molecule has 18 heavy (non-hydrogen) atoms. The van der Waals surface area contributed by atoms with E-state index in [0.717, 1.165) is 19.4 Å². The van der Waals surface area contributed by atoms with Crippen molar-refractivity contribution >= 4 is 5.69 Å². The molecule has 0 saturated heterocycles. The van der Waals surface area contributed by atoms with E-state index in [0.29, 0.717) is 29.5 Å². The van der Waals surface area contributed by atoms with Gasteiger partial charge in [-0.05, 0) is 50.5 Å². The molecule has 2 aliphatic carbocycles. The number of pyridine rings is 1. The number of rotatable bonds is 5. The van der Waals surface area contributed by atoms with Crippen molar-refractivity contribution in [2.45, 2.75) is 44.6 Å². The van der Waals surface area contributed by atoms with Crippen molar-refractivity contribution in [3.63, 3.8) is 0 Å². The first kappa shape index (κ1) is 11.6. The number of hydrogen-bond acceptors (Lipinski definition) is 4. The largest absolute Gasteiger partial charge is 0.476 e. The fourth-order valence-corrected chi connectivity index (χ4v) is 2.27. The lowest BCUT2D eigenvalue weighted by molar-refractivity contribution is 0.197. The molecule has 3 rings (SSSR count). The number of aromatic nitrogens is 1. The summed E-state index contributed by atoms with van der Waals surface area (Å²) in [6.07, 6.45) is 7.61. The highest BCUT2D eigenvalue weighted by Crippen LogP contribution is 2.31. The van der Waals surface area contributed by atoms with Crippen LogP contribution in [-0.4, -0.2) is 17.7 Å². The van der Waals surface area contributed by atoms with Crippen molar-refractivity contribution in [3.05, 3.63) is 12.1 Å². The van der Waals surface area contributed by atoms with Gasteiger partial charge in [0.2, 0.25) is 11.8 Å². The van der Waals surface area contributed by atoms with Gasteiger partial charge in [0.25, 0.3) is 0 Å². The molecule has 1 aromatic rings. The van der Waals surface area contributed by atoms with Crippen molar-refractivity contribution in [2.75, 3.05) is 12.3 Å². The Morgan fingerprint density at radius 2 is 1.94 bits per heavy atom. The van der Waals surface area contributed by atoms with E-state index in [4.69, 9.17) is 15.2 Å². The molecule has 0 atom stereocenters. The van der Waals surface area contributed by atoms with E-state index in [1.807, 2.05) is 12.1 Å². The van der Waals surface area contributed by atoms with Gasteiger partial charge in [0.15, 0.2) is 0 Å². The van der Waals surface area contributed by atoms with E-state index in [-0.39, 0.29) is 0 Å². The Labute approximate surface area is 107 Å². The first-order chi connectivity index (χ1) is 8.81. The maximum atomic E-state index is 5.86. The van der Waals surface area contributed by atoms with Gasteiger partial charge < -0.3 is 15.2 Å². The highest BCUT2D eigenvalue weighted by Gasteiger charge is 2.23. The third-order valence-electron chi connectivity index (χ3n) is 3.61. The van der Waals surface area contributed by atoms with E-state index in [9.17, 15) is 0 Å². The summed E-state index contributed by atoms with van der Waals surface area (Å²) in [4.78, 5) is 4.37. The first-order valence-electron chi connectivity index (χ1n) is 6.87. The minimum absolute atomic E-state index is 0.317. The van der Waals surface area contributed by atoms with Gasteiger partial charge in [-0.15, -0.1) is 0 Å². The van der Waals surface area contributed by atoms with Gasteiger partial charge in [-0.3, -0.25) is 0 Å². The zero-order chi connectivity index (χ0) is 12.4. The van der Waals surface area contributed by atoms with Crippen LogP contribution in [0.15, 0.2) is 12.1 Å². The molecule has 0 bridgehead atoms. The fourth-order valence-electron chi connectivity index (χ4n) is 2.27. The molecular formula is C14H20N2O2. The quantitative estimate of drug-likeness (QED) is 0.870. The van der Waals surface area contributed by atoms with Gasteiger partial charge in [-0.25, -0.2) is 0 Å². The molecule has 0 amide bonds. The summed E-state index contributed by atoms with van der Waals surface area (Å²) >= 11 is 0. The summed E-state index contributed by atoms with van der Waals surface area (Å²) in [7, 11) is 0. The summed E-state index contributed by atoms with van der Waals surface area (Å²) < 4.78 is 11.5. The minimum atomic E-state index is 0.317. The lowest BCUT2D eigenvalue weighted by Crippen LogP contribution is -2.12. The molecule has 0 aromatic carbocycles. The topological polar surface area (TPSA) is 57.4 Å². The number of nitrogen functional groups attached to an aromatic ring is 1. The van der Waals surface area contributed by atoms with Crippen LogP contribution in [-0.2, 0) is 0 Å². The average molecular weight is 248 g/mol. The fraction of sp³-hybridized carbons (Fsp3) is 0.643. The smallest absolute Gasteiger partial charge is 0.240 e. The summed E-state index contributed by atoms with van der Waals surface area (Å²) in [5, 5.41) is 0. The molecule has 0 unspecified atom stereocenters. The van der Waals surface area contributed by atoms with Crippen molar-refractivity contribution in [1.82, 2.24) is 4.98 Å². The molecule has 2 saturated carbocycles. The summed E-state index contributed by atoms with van der Waals surface area (Å²) in [6, 6.07) is 3.65. The Hall–Kier alpha value is -1.45. The number of anilines is 1.